The average Bonchev–Trinajstić information content (AvgIpc) is 3.09. The first-order valence-electron chi connectivity index (χ1n) is 6.89. The molecule has 0 radical (unpaired) electrons. The summed E-state index contributed by atoms with van der Waals surface area (Å²) < 4.78 is 16.1. The van der Waals surface area contributed by atoms with Crippen LogP contribution in [0.5, 0.6) is 0 Å². The number of hydrogen-bond donors (Lipinski definition) is 1. The third-order valence-electron chi connectivity index (χ3n) is 3.42. The van der Waals surface area contributed by atoms with Crippen molar-refractivity contribution in [2.75, 3.05) is 6.54 Å². The smallest absolute Gasteiger partial charge is 0.268 e. The van der Waals surface area contributed by atoms with Crippen molar-refractivity contribution in [3.05, 3.63) is 71.5 Å². The van der Waals surface area contributed by atoms with Crippen LogP contribution in [0.4, 0.5) is 4.39 Å². The number of halogens is 1. The Morgan fingerprint density at radius 3 is 2.82 bits per heavy atom. The van der Waals surface area contributed by atoms with Crippen LogP contribution in [0.3, 0.4) is 0 Å². The fourth-order valence-corrected chi connectivity index (χ4v) is 3.19. The molecule has 3 aromatic rings. The van der Waals surface area contributed by atoms with Gasteiger partial charge in [-0.1, -0.05) is 18.2 Å². The maximum atomic E-state index is 13.0. The van der Waals surface area contributed by atoms with E-state index in [1.54, 1.807) is 29.5 Å². The monoisotopic (exact) mass is 314 g/mol. The Morgan fingerprint density at radius 1 is 1.32 bits per heavy atom. The molecular weight excluding hydrogens is 299 g/mol. The van der Waals surface area contributed by atoms with Crippen LogP contribution in [-0.2, 0) is 6.54 Å². The van der Waals surface area contributed by atoms with Gasteiger partial charge in [0.05, 0.1) is 10.2 Å². The van der Waals surface area contributed by atoms with Gasteiger partial charge in [0.25, 0.3) is 5.91 Å². The Balaban J connectivity index is 1.98. The van der Waals surface area contributed by atoms with Crippen molar-refractivity contribution in [1.29, 1.82) is 0 Å². The molecule has 1 aromatic carbocycles. The second-order valence-electron chi connectivity index (χ2n) is 4.91. The van der Waals surface area contributed by atoms with E-state index in [0.29, 0.717) is 18.8 Å². The summed E-state index contributed by atoms with van der Waals surface area (Å²) in [7, 11) is 0. The highest BCUT2D eigenvalue weighted by Gasteiger charge is 2.16. The molecule has 0 aliphatic carbocycles. The normalized spacial score (nSPS) is 10.8. The third-order valence-corrected chi connectivity index (χ3v) is 4.27. The number of thiophene rings is 1. The van der Waals surface area contributed by atoms with Crippen LogP contribution >= 0.6 is 11.3 Å². The molecule has 0 fully saturated rings. The van der Waals surface area contributed by atoms with Gasteiger partial charge >= 0.3 is 0 Å². The average molecular weight is 314 g/mol. The lowest BCUT2D eigenvalue weighted by atomic mass is 10.2. The molecule has 0 aliphatic rings. The van der Waals surface area contributed by atoms with Crippen molar-refractivity contribution < 1.29 is 9.18 Å². The summed E-state index contributed by atoms with van der Waals surface area (Å²) in [5.74, 6) is -0.397. The number of amides is 1. The predicted molar refractivity (Wildman–Crippen MR) is 87.8 cm³/mol. The lowest BCUT2D eigenvalue weighted by Crippen LogP contribution is -2.26. The number of rotatable bonds is 5. The van der Waals surface area contributed by atoms with E-state index in [4.69, 9.17) is 0 Å². The number of fused-ring (bicyclic) bond motifs is 1. The van der Waals surface area contributed by atoms with Crippen LogP contribution in [0.2, 0.25) is 0 Å². The van der Waals surface area contributed by atoms with Gasteiger partial charge in [-0.2, -0.15) is 0 Å². The van der Waals surface area contributed by atoms with Crippen molar-refractivity contribution in [2.24, 2.45) is 0 Å². The van der Waals surface area contributed by atoms with Gasteiger partial charge in [0, 0.05) is 13.1 Å². The molecule has 22 heavy (non-hydrogen) atoms. The molecule has 0 saturated carbocycles. The fourth-order valence-electron chi connectivity index (χ4n) is 2.36. The highest BCUT2D eigenvalue weighted by Crippen LogP contribution is 2.26. The molecule has 3 nitrogen and oxygen atoms in total. The van der Waals surface area contributed by atoms with Crippen molar-refractivity contribution >= 4 is 27.5 Å². The van der Waals surface area contributed by atoms with E-state index in [1.807, 2.05) is 22.1 Å². The first-order valence-corrected chi connectivity index (χ1v) is 7.77. The number of hydrogen-bond acceptors (Lipinski definition) is 2. The highest BCUT2D eigenvalue weighted by atomic mass is 32.1. The van der Waals surface area contributed by atoms with Gasteiger partial charge in [-0.25, -0.2) is 4.39 Å². The number of nitrogens with one attached hydrogen (secondary N) is 1. The van der Waals surface area contributed by atoms with E-state index in [-0.39, 0.29) is 11.7 Å². The highest BCUT2D eigenvalue weighted by molar-refractivity contribution is 7.17. The molecule has 0 atom stereocenters. The van der Waals surface area contributed by atoms with Crippen LogP contribution in [-0.4, -0.2) is 17.0 Å². The van der Waals surface area contributed by atoms with Crippen LogP contribution in [0, 0.1) is 5.82 Å². The van der Waals surface area contributed by atoms with E-state index in [0.717, 1.165) is 15.8 Å². The molecule has 1 N–H and O–H groups in total. The molecule has 0 spiro atoms. The maximum Gasteiger partial charge on any atom is 0.268 e. The van der Waals surface area contributed by atoms with Gasteiger partial charge in [-0.15, -0.1) is 17.9 Å². The quantitative estimate of drug-likeness (QED) is 0.714. The minimum atomic E-state index is -0.263. The molecule has 3 rings (SSSR count). The molecule has 5 heteroatoms. The van der Waals surface area contributed by atoms with Crippen LogP contribution in [0.15, 0.2) is 54.4 Å². The largest absolute Gasteiger partial charge is 0.347 e. The van der Waals surface area contributed by atoms with Gasteiger partial charge in [0.1, 0.15) is 11.5 Å². The van der Waals surface area contributed by atoms with Crippen molar-refractivity contribution in [3.63, 3.8) is 0 Å². The Labute approximate surface area is 131 Å². The van der Waals surface area contributed by atoms with Crippen LogP contribution in [0.25, 0.3) is 10.2 Å². The second-order valence-corrected chi connectivity index (χ2v) is 5.86. The molecule has 2 aromatic heterocycles. The summed E-state index contributed by atoms with van der Waals surface area (Å²) in [5.41, 5.74) is 2.56. The summed E-state index contributed by atoms with van der Waals surface area (Å²) in [6.45, 7) is 4.55. The Hall–Kier alpha value is -2.40. The molecule has 112 valence electrons. The van der Waals surface area contributed by atoms with Gasteiger partial charge < -0.3 is 9.88 Å². The van der Waals surface area contributed by atoms with Gasteiger partial charge in [0.15, 0.2) is 0 Å². The zero-order chi connectivity index (χ0) is 15.5. The Bertz CT molecular complexity index is 817. The lowest BCUT2D eigenvalue weighted by molar-refractivity contribution is 0.0949. The Morgan fingerprint density at radius 2 is 2.09 bits per heavy atom. The minimum Gasteiger partial charge on any atom is -0.347 e. The molecular formula is C17H15FN2OS. The van der Waals surface area contributed by atoms with Gasteiger partial charge in [-0.3, -0.25) is 4.79 Å². The van der Waals surface area contributed by atoms with E-state index < -0.39 is 0 Å². The summed E-state index contributed by atoms with van der Waals surface area (Å²) in [4.78, 5) is 12.3. The summed E-state index contributed by atoms with van der Waals surface area (Å²) in [6.07, 6.45) is 1.65. The standard InChI is InChI=1S/C17H15FN2OS/c1-2-8-19-17(21)15-10-16-14(7-9-22-16)20(15)11-12-3-5-13(18)6-4-12/h2-7,9-10H,1,8,11H2,(H,19,21). The lowest BCUT2D eigenvalue weighted by Gasteiger charge is -2.10. The van der Waals surface area contributed by atoms with Gasteiger partial charge in [0.2, 0.25) is 0 Å². The van der Waals surface area contributed by atoms with E-state index in [1.165, 1.54) is 12.1 Å². The molecule has 0 unspecified atom stereocenters. The van der Waals surface area contributed by atoms with Crippen molar-refractivity contribution in [2.45, 2.75) is 6.54 Å². The zero-order valence-electron chi connectivity index (χ0n) is 11.9. The van der Waals surface area contributed by atoms with Crippen LogP contribution < -0.4 is 5.32 Å². The minimum absolute atomic E-state index is 0.134. The summed E-state index contributed by atoms with van der Waals surface area (Å²) in [5, 5.41) is 4.80. The Kier molecular flexibility index (Phi) is 4.06. The molecule has 2 heterocycles. The number of aromatic nitrogens is 1. The summed E-state index contributed by atoms with van der Waals surface area (Å²) in [6, 6.07) is 10.2. The topological polar surface area (TPSA) is 34.0 Å². The first kappa shape index (κ1) is 14.5. The molecule has 0 aliphatic heterocycles. The molecule has 1 amide bonds. The van der Waals surface area contributed by atoms with E-state index in [2.05, 4.69) is 11.9 Å². The number of benzene rings is 1. The molecule has 0 saturated heterocycles. The summed E-state index contributed by atoms with van der Waals surface area (Å²) >= 11 is 1.60. The number of carbonyl (C=O) groups excluding carboxylic acids is 1. The van der Waals surface area contributed by atoms with Gasteiger partial charge in [-0.05, 0) is 35.2 Å². The fraction of sp³-hybridized carbons (Fsp3) is 0.118. The SMILES string of the molecule is C=CCNC(=O)c1cc2sccc2n1Cc1ccc(F)cc1. The van der Waals surface area contributed by atoms with Crippen molar-refractivity contribution in [1.82, 2.24) is 9.88 Å². The second kappa shape index (κ2) is 6.15. The number of carbonyl (C=O) groups is 1. The predicted octanol–water partition coefficient (Wildman–Crippen LogP) is 3.81. The van der Waals surface area contributed by atoms with E-state index >= 15 is 0 Å². The van der Waals surface area contributed by atoms with E-state index in [9.17, 15) is 9.18 Å². The zero-order valence-corrected chi connectivity index (χ0v) is 12.7. The van der Waals surface area contributed by atoms with Crippen molar-refractivity contribution in [3.8, 4) is 0 Å². The molecule has 0 bridgehead atoms. The van der Waals surface area contributed by atoms with Crippen LogP contribution in [0.1, 0.15) is 16.1 Å². The first-order chi connectivity index (χ1) is 10.7. The maximum absolute atomic E-state index is 13.0. The third kappa shape index (κ3) is 2.80. The number of nitrogens with zero attached hydrogens (tertiary/aromatic N) is 1.